The minimum absolute atomic E-state index is 0.258. The topological polar surface area (TPSA) is 131 Å². The highest BCUT2D eigenvalue weighted by atomic mass is 19.4. The number of hydrogen-bond acceptors (Lipinski definition) is 6. The molecule has 3 rings (SSSR count). The number of carboxylic acid groups (broad SMARTS) is 1. The van der Waals surface area contributed by atoms with E-state index in [4.69, 9.17) is 9.84 Å². The summed E-state index contributed by atoms with van der Waals surface area (Å²) in [5.74, 6) is -3.44. The number of aromatic hydroxyl groups is 1. The molecule has 1 aliphatic heterocycles. The number of carbonyl (C=O) groups excluding carboxylic acids is 1. The fourth-order valence-corrected chi connectivity index (χ4v) is 3.19. The predicted molar refractivity (Wildman–Crippen MR) is 91.5 cm³/mol. The molecule has 2 aromatic rings. The molecule has 1 atom stereocenters. The summed E-state index contributed by atoms with van der Waals surface area (Å²) in [6.07, 6.45) is -4.88. The van der Waals surface area contributed by atoms with Crippen LogP contribution in [-0.4, -0.2) is 44.8 Å². The van der Waals surface area contributed by atoms with Gasteiger partial charge in [0.15, 0.2) is 5.69 Å². The second-order valence-corrected chi connectivity index (χ2v) is 6.46. The van der Waals surface area contributed by atoms with Gasteiger partial charge in [-0.2, -0.15) is 13.2 Å². The van der Waals surface area contributed by atoms with Gasteiger partial charge in [0.2, 0.25) is 0 Å². The van der Waals surface area contributed by atoms with Crippen LogP contribution in [0.15, 0.2) is 10.9 Å². The molecule has 0 spiro atoms. The quantitative estimate of drug-likeness (QED) is 0.687. The molecular weight excluding hydrogens is 399 g/mol. The molecule has 156 valence electrons. The van der Waals surface area contributed by atoms with Gasteiger partial charge in [0, 0.05) is 19.2 Å². The number of rotatable bonds is 4. The molecule has 1 fully saturated rings. The first-order valence-corrected chi connectivity index (χ1v) is 8.47. The third kappa shape index (κ3) is 3.75. The third-order valence-corrected chi connectivity index (χ3v) is 4.53. The lowest BCUT2D eigenvalue weighted by Crippen LogP contribution is -2.35. The number of ether oxygens (including phenoxy) is 1. The summed E-state index contributed by atoms with van der Waals surface area (Å²) < 4.78 is 46.7. The van der Waals surface area contributed by atoms with Crippen LogP contribution in [-0.2, 0) is 22.8 Å². The molecule has 1 aliphatic rings. The molecule has 0 radical (unpaired) electrons. The summed E-state index contributed by atoms with van der Waals surface area (Å²) >= 11 is 0. The zero-order chi connectivity index (χ0) is 21.5. The molecule has 3 heterocycles. The van der Waals surface area contributed by atoms with E-state index in [-0.39, 0.29) is 17.6 Å². The highest BCUT2D eigenvalue weighted by molar-refractivity contribution is 6.02. The number of fused-ring (bicyclic) bond motifs is 1. The summed E-state index contributed by atoms with van der Waals surface area (Å²) in [5, 5.41) is 20.8. The lowest BCUT2D eigenvalue weighted by atomic mass is 10.0. The number of aromatic nitrogens is 2. The van der Waals surface area contributed by atoms with Crippen LogP contribution in [0, 0.1) is 0 Å². The summed E-state index contributed by atoms with van der Waals surface area (Å²) in [6.45, 7) is -0.548. The average molecular weight is 415 g/mol. The van der Waals surface area contributed by atoms with E-state index in [2.05, 4.69) is 4.98 Å². The average Bonchev–Trinajstić information content (AvgIpc) is 3.17. The van der Waals surface area contributed by atoms with Crippen molar-refractivity contribution in [2.75, 3.05) is 13.2 Å². The largest absolute Gasteiger partial charge is 0.506 e. The number of carbonyl (C=O) groups is 2. The van der Waals surface area contributed by atoms with Crippen molar-refractivity contribution in [2.24, 2.45) is 7.05 Å². The smallest absolute Gasteiger partial charge is 0.433 e. The van der Waals surface area contributed by atoms with Crippen LogP contribution in [0.2, 0.25) is 0 Å². The van der Waals surface area contributed by atoms with Crippen molar-refractivity contribution in [3.63, 3.8) is 0 Å². The van der Waals surface area contributed by atoms with Crippen LogP contribution in [0.25, 0.3) is 11.0 Å². The summed E-state index contributed by atoms with van der Waals surface area (Å²) in [5.41, 5.74) is -3.94. The zero-order valence-electron chi connectivity index (χ0n) is 15.0. The maximum atomic E-state index is 13.6. The standard InChI is InChI=1S/C17H16F3N3O6/c1-23-14-8(12(26)11(16(23)28)15(27)21-6-10(24)25)5-7(9-3-2-4-29-9)13(22-14)17(18,19)20/h5,9,26H,2-4,6H2,1H3,(H,21,27)(H,24,25)/t9-/m0/s1. The Morgan fingerprint density at radius 2 is 2.10 bits per heavy atom. The highest BCUT2D eigenvalue weighted by Crippen LogP contribution is 2.40. The van der Waals surface area contributed by atoms with Crippen LogP contribution in [0.1, 0.15) is 40.6 Å². The van der Waals surface area contributed by atoms with E-state index in [0.29, 0.717) is 17.4 Å². The van der Waals surface area contributed by atoms with Gasteiger partial charge in [0.25, 0.3) is 11.5 Å². The van der Waals surface area contributed by atoms with Gasteiger partial charge < -0.3 is 20.3 Å². The number of nitrogens with zero attached hydrogens (tertiary/aromatic N) is 2. The van der Waals surface area contributed by atoms with Gasteiger partial charge in [-0.25, -0.2) is 4.98 Å². The van der Waals surface area contributed by atoms with E-state index in [1.165, 1.54) is 0 Å². The Bertz CT molecular complexity index is 1060. The number of nitrogens with one attached hydrogen (secondary N) is 1. The zero-order valence-corrected chi connectivity index (χ0v) is 15.0. The van der Waals surface area contributed by atoms with E-state index >= 15 is 0 Å². The van der Waals surface area contributed by atoms with Crippen molar-refractivity contribution in [1.82, 2.24) is 14.9 Å². The van der Waals surface area contributed by atoms with Crippen LogP contribution >= 0.6 is 0 Å². The summed E-state index contributed by atoms with van der Waals surface area (Å²) in [6, 6.07) is 1.00. The molecular formula is C17H16F3N3O6. The Labute approximate surface area is 160 Å². The Hall–Kier alpha value is -3.15. The Morgan fingerprint density at radius 1 is 1.41 bits per heavy atom. The molecule has 3 N–H and O–H groups in total. The SMILES string of the molecule is Cn1c(=O)c(C(=O)NCC(=O)O)c(O)c2cc([C@@H]3CCCO3)c(C(F)(F)F)nc21. The van der Waals surface area contributed by atoms with Crippen molar-refractivity contribution in [3.05, 3.63) is 33.2 Å². The molecule has 1 saturated heterocycles. The van der Waals surface area contributed by atoms with Crippen molar-refractivity contribution in [2.45, 2.75) is 25.1 Å². The molecule has 1 amide bonds. The van der Waals surface area contributed by atoms with E-state index in [9.17, 15) is 32.7 Å². The highest BCUT2D eigenvalue weighted by Gasteiger charge is 2.39. The Kier molecular flexibility index (Phi) is 5.22. The number of aryl methyl sites for hydroxylation is 1. The van der Waals surface area contributed by atoms with Gasteiger partial charge in [0.1, 0.15) is 23.5 Å². The van der Waals surface area contributed by atoms with Gasteiger partial charge in [-0.1, -0.05) is 0 Å². The lowest BCUT2D eigenvalue weighted by molar-refractivity contribution is -0.142. The number of carboxylic acids is 1. The fraction of sp³-hybridized carbons (Fsp3) is 0.412. The number of amides is 1. The summed E-state index contributed by atoms with van der Waals surface area (Å²) in [4.78, 5) is 38.8. The van der Waals surface area contributed by atoms with Crippen molar-refractivity contribution < 1.29 is 37.7 Å². The van der Waals surface area contributed by atoms with Gasteiger partial charge in [-0.15, -0.1) is 0 Å². The number of aliphatic carboxylic acids is 1. The van der Waals surface area contributed by atoms with E-state index < -0.39 is 58.9 Å². The van der Waals surface area contributed by atoms with Gasteiger partial charge in [0.05, 0.1) is 11.5 Å². The van der Waals surface area contributed by atoms with Crippen LogP contribution in [0.3, 0.4) is 0 Å². The minimum Gasteiger partial charge on any atom is -0.506 e. The third-order valence-electron chi connectivity index (χ3n) is 4.53. The molecule has 0 bridgehead atoms. The first kappa shape index (κ1) is 20.6. The van der Waals surface area contributed by atoms with E-state index in [0.717, 1.165) is 13.1 Å². The van der Waals surface area contributed by atoms with E-state index in [1.807, 2.05) is 5.32 Å². The van der Waals surface area contributed by atoms with Gasteiger partial charge >= 0.3 is 12.1 Å². The molecule has 0 unspecified atom stereocenters. The number of halogens is 3. The van der Waals surface area contributed by atoms with Crippen molar-refractivity contribution >= 4 is 22.9 Å². The van der Waals surface area contributed by atoms with Crippen molar-refractivity contribution in [3.8, 4) is 5.75 Å². The Morgan fingerprint density at radius 3 is 2.66 bits per heavy atom. The fourth-order valence-electron chi connectivity index (χ4n) is 3.19. The van der Waals surface area contributed by atoms with Crippen LogP contribution in [0.4, 0.5) is 13.2 Å². The molecule has 0 saturated carbocycles. The first-order chi connectivity index (χ1) is 13.5. The predicted octanol–water partition coefficient (Wildman–Crippen LogP) is 1.32. The number of hydrogen-bond donors (Lipinski definition) is 3. The minimum atomic E-state index is -4.83. The maximum absolute atomic E-state index is 13.6. The first-order valence-electron chi connectivity index (χ1n) is 8.47. The molecule has 29 heavy (non-hydrogen) atoms. The Balaban J connectivity index is 2.27. The number of pyridine rings is 2. The van der Waals surface area contributed by atoms with Crippen molar-refractivity contribution in [1.29, 1.82) is 0 Å². The van der Waals surface area contributed by atoms with E-state index in [1.54, 1.807) is 0 Å². The molecule has 9 nitrogen and oxygen atoms in total. The maximum Gasteiger partial charge on any atom is 0.433 e. The number of alkyl halides is 3. The second-order valence-electron chi connectivity index (χ2n) is 6.46. The monoisotopic (exact) mass is 415 g/mol. The molecule has 12 heteroatoms. The van der Waals surface area contributed by atoms with Crippen LogP contribution < -0.4 is 10.9 Å². The second kappa shape index (κ2) is 7.35. The summed E-state index contributed by atoms with van der Waals surface area (Å²) in [7, 11) is 1.09. The van der Waals surface area contributed by atoms with Gasteiger partial charge in [-0.05, 0) is 18.9 Å². The normalized spacial score (nSPS) is 16.9. The molecule has 0 aliphatic carbocycles. The molecule has 0 aromatic carbocycles. The van der Waals surface area contributed by atoms with Gasteiger partial charge in [-0.3, -0.25) is 19.0 Å². The molecule has 2 aromatic heterocycles. The lowest BCUT2D eigenvalue weighted by Gasteiger charge is -2.19. The van der Waals surface area contributed by atoms with Crippen LogP contribution in [0.5, 0.6) is 5.75 Å².